The average molecular weight is 486 g/mol. The van der Waals surface area contributed by atoms with E-state index < -0.39 is 24.1 Å². The molecule has 0 radical (unpaired) electrons. The van der Waals surface area contributed by atoms with Gasteiger partial charge in [-0.2, -0.15) is 0 Å². The Morgan fingerprint density at radius 2 is 1.61 bits per heavy atom. The zero-order valence-corrected chi connectivity index (χ0v) is 21.4. The third-order valence-electron chi connectivity index (χ3n) is 6.68. The Morgan fingerprint density at radius 3 is 2.15 bits per heavy atom. The van der Waals surface area contributed by atoms with E-state index in [9.17, 15) is 14.7 Å². The lowest BCUT2D eigenvalue weighted by Crippen LogP contribution is -2.40. The molecule has 6 nitrogen and oxygen atoms in total. The van der Waals surface area contributed by atoms with Crippen LogP contribution in [0.3, 0.4) is 0 Å². The smallest absolute Gasteiger partial charge is 0.321 e. The molecule has 1 aliphatic rings. The zero-order valence-electron chi connectivity index (χ0n) is 20.6. The number of hydrogen-bond acceptors (Lipinski definition) is 5. The van der Waals surface area contributed by atoms with Crippen molar-refractivity contribution in [2.24, 2.45) is 11.7 Å². The van der Waals surface area contributed by atoms with Crippen LogP contribution in [0, 0.1) is 5.92 Å². The lowest BCUT2D eigenvalue weighted by Gasteiger charge is -2.37. The second-order valence-corrected chi connectivity index (χ2v) is 10.7. The molecule has 1 rings (SSSR count). The predicted octanol–water partition coefficient (Wildman–Crippen LogP) is 5.76. The largest absolute Gasteiger partial charge is 0.481 e. The van der Waals surface area contributed by atoms with Gasteiger partial charge in [-0.05, 0) is 38.0 Å². The van der Waals surface area contributed by atoms with Crippen LogP contribution in [0.5, 0.6) is 0 Å². The lowest BCUT2D eigenvalue weighted by atomic mass is 9.80. The van der Waals surface area contributed by atoms with Crippen LogP contribution < -0.4 is 5.73 Å². The molecule has 5 N–H and O–H groups in total. The first-order chi connectivity index (χ1) is 15.9. The molecule has 0 amide bonds. The number of rotatable bonds is 19. The van der Waals surface area contributed by atoms with E-state index in [4.69, 9.17) is 15.9 Å². The molecular formula is C26H47NO5S. The van der Waals surface area contributed by atoms with Crippen molar-refractivity contribution in [3.63, 3.8) is 0 Å². The van der Waals surface area contributed by atoms with Gasteiger partial charge in [0.15, 0.2) is 0 Å². The summed E-state index contributed by atoms with van der Waals surface area (Å²) in [5.74, 6) is -1.73. The number of unbranched alkanes of at least 4 members (excludes halogenated alkanes) is 11. The molecule has 0 heterocycles. The molecule has 7 heteroatoms. The third-order valence-corrected chi connectivity index (χ3v) is 8.17. The van der Waals surface area contributed by atoms with Crippen LogP contribution in [0.25, 0.3) is 0 Å². The first-order valence-corrected chi connectivity index (χ1v) is 14.1. The average Bonchev–Trinajstić information content (AvgIpc) is 2.78. The van der Waals surface area contributed by atoms with Gasteiger partial charge in [-0.1, -0.05) is 82.8 Å². The summed E-state index contributed by atoms with van der Waals surface area (Å²) in [6.07, 6.45) is 19.0. The number of carboxylic acids is 2. The Kier molecular flexibility index (Phi) is 16.6. The molecule has 0 bridgehead atoms. The second-order valence-electron chi connectivity index (χ2n) is 9.52. The summed E-state index contributed by atoms with van der Waals surface area (Å²) in [6, 6.07) is -0.963. The van der Waals surface area contributed by atoms with Gasteiger partial charge >= 0.3 is 11.9 Å². The van der Waals surface area contributed by atoms with Gasteiger partial charge in [0.2, 0.25) is 0 Å². The fraction of sp³-hybridized carbons (Fsp3) is 0.846. The lowest BCUT2D eigenvalue weighted by molar-refractivity contribution is -0.138. The number of aliphatic hydroxyl groups excluding tert-OH is 1. The number of carboxylic acid groups (broad SMARTS) is 2. The number of thioether (sulfide) groups is 1. The Labute approximate surface area is 204 Å². The van der Waals surface area contributed by atoms with Crippen molar-refractivity contribution in [1.82, 2.24) is 0 Å². The minimum absolute atomic E-state index is 0.0472. The molecule has 1 fully saturated rings. The van der Waals surface area contributed by atoms with Crippen LogP contribution in [0.4, 0.5) is 0 Å². The van der Waals surface area contributed by atoms with Crippen LogP contribution in [0.15, 0.2) is 11.6 Å². The summed E-state index contributed by atoms with van der Waals surface area (Å²) in [4.78, 5) is 22.0. The quantitative estimate of drug-likeness (QED) is 0.135. The first kappa shape index (κ1) is 30.0. The molecule has 0 saturated heterocycles. The third kappa shape index (κ3) is 13.4. The minimum atomic E-state index is -1.04. The van der Waals surface area contributed by atoms with Gasteiger partial charge in [0.05, 0.1) is 11.4 Å². The van der Waals surface area contributed by atoms with Gasteiger partial charge in [-0.3, -0.25) is 9.59 Å². The molecule has 33 heavy (non-hydrogen) atoms. The van der Waals surface area contributed by atoms with Gasteiger partial charge in [-0.25, -0.2) is 0 Å². The molecule has 0 aromatic heterocycles. The molecule has 0 spiro atoms. The van der Waals surface area contributed by atoms with Gasteiger partial charge in [0.1, 0.15) is 6.04 Å². The highest BCUT2D eigenvalue weighted by Gasteiger charge is 2.35. The van der Waals surface area contributed by atoms with E-state index in [0.717, 1.165) is 25.7 Å². The molecule has 192 valence electrons. The normalized spacial score (nSPS) is 23.0. The van der Waals surface area contributed by atoms with Crippen molar-refractivity contribution >= 4 is 23.7 Å². The number of allylic oxidation sites excluding steroid dienone is 1. The Bertz CT molecular complexity index is 583. The van der Waals surface area contributed by atoms with E-state index >= 15 is 0 Å². The molecule has 0 aliphatic heterocycles. The Balaban J connectivity index is 2.41. The highest BCUT2D eigenvalue weighted by atomic mass is 32.2. The molecule has 4 atom stereocenters. The van der Waals surface area contributed by atoms with Gasteiger partial charge < -0.3 is 21.1 Å². The zero-order chi connectivity index (χ0) is 24.5. The molecule has 0 aromatic rings. The number of carbonyl (C=O) groups is 2. The summed E-state index contributed by atoms with van der Waals surface area (Å²) < 4.78 is 0. The first-order valence-electron chi connectivity index (χ1n) is 13.1. The fourth-order valence-electron chi connectivity index (χ4n) is 4.55. The molecule has 0 aromatic carbocycles. The van der Waals surface area contributed by atoms with Gasteiger partial charge in [-0.15, -0.1) is 11.8 Å². The molecule has 1 aliphatic carbocycles. The van der Waals surface area contributed by atoms with Crippen LogP contribution >= 0.6 is 11.8 Å². The molecular weight excluding hydrogens is 438 g/mol. The second kappa shape index (κ2) is 18.3. The van der Waals surface area contributed by atoms with E-state index in [1.54, 1.807) is 0 Å². The maximum atomic E-state index is 11.1. The van der Waals surface area contributed by atoms with Crippen molar-refractivity contribution in [3.8, 4) is 0 Å². The highest BCUT2D eigenvalue weighted by molar-refractivity contribution is 8.00. The van der Waals surface area contributed by atoms with Crippen LogP contribution in [0.1, 0.15) is 110 Å². The fourth-order valence-corrected chi connectivity index (χ4v) is 5.96. The van der Waals surface area contributed by atoms with Crippen molar-refractivity contribution in [1.29, 1.82) is 0 Å². The van der Waals surface area contributed by atoms with Crippen molar-refractivity contribution in [2.45, 2.75) is 127 Å². The topological polar surface area (TPSA) is 121 Å². The maximum absolute atomic E-state index is 11.1. The maximum Gasteiger partial charge on any atom is 0.321 e. The number of aliphatic carboxylic acids is 2. The van der Waals surface area contributed by atoms with E-state index in [2.05, 4.69) is 13.0 Å². The van der Waals surface area contributed by atoms with E-state index in [0.29, 0.717) is 6.42 Å². The summed E-state index contributed by atoms with van der Waals surface area (Å²) >= 11 is 1.40. The Morgan fingerprint density at radius 1 is 1.03 bits per heavy atom. The minimum Gasteiger partial charge on any atom is -0.481 e. The van der Waals surface area contributed by atoms with Crippen LogP contribution in [-0.2, 0) is 9.59 Å². The van der Waals surface area contributed by atoms with E-state index in [1.807, 2.05) is 0 Å². The number of hydrogen-bond donors (Lipinski definition) is 4. The highest BCUT2D eigenvalue weighted by Crippen LogP contribution is 2.39. The van der Waals surface area contributed by atoms with E-state index in [-0.39, 0.29) is 23.3 Å². The number of nitrogens with two attached hydrogens (primary N) is 1. The summed E-state index contributed by atoms with van der Waals surface area (Å²) in [6.45, 7) is 2.25. The molecule has 1 saturated carbocycles. The van der Waals surface area contributed by atoms with Gasteiger partial charge in [0, 0.05) is 12.2 Å². The van der Waals surface area contributed by atoms with E-state index in [1.165, 1.54) is 81.5 Å². The monoisotopic (exact) mass is 485 g/mol. The Hall–Kier alpha value is -1.05. The SMILES string of the molecule is CCCCCCCCCCCCCC=C1CC[C@@H](CCC(=O)O)[C@@H](O)[C@@H]1SCC(N)C(=O)O. The molecule has 1 unspecified atom stereocenters. The van der Waals surface area contributed by atoms with Crippen LogP contribution in [-0.4, -0.2) is 50.4 Å². The van der Waals surface area contributed by atoms with Crippen molar-refractivity contribution < 1.29 is 24.9 Å². The van der Waals surface area contributed by atoms with Crippen molar-refractivity contribution in [3.05, 3.63) is 11.6 Å². The standard InChI is InChI=1S/C26H47NO5S/c1-2-3-4-5-6-7-8-9-10-11-12-13-14-21-16-15-20(17-18-23(28)29)24(30)25(21)33-19-22(27)26(31)32/h14,20,22,24-25,30H,2-13,15-19,27H2,1H3,(H,28,29)(H,31,32)/t20-,22?,24+,25+/m0/s1. The van der Waals surface area contributed by atoms with Crippen molar-refractivity contribution in [2.75, 3.05) is 5.75 Å². The summed E-state index contributed by atoms with van der Waals surface area (Å²) in [5.41, 5.74) is 6.85. The predicted molar refractivity (Wildman–Crippen MR) is 137 cm³/mol. The van der Waals surface area contributed by atoms with Crippen LogP contribution in [0.2, 0.25) is 0 Å². The number of aliphatic hydroxyl groups is 1. The van der Waals surface area contributed by atoms with Gasteiger partial charge in [0.25, 0.3) is 0 Å². The summed E-state index contributed by atoms with van der Waals surface area (Å²) in [7, 11) is 0. The summed E-state index contributed by atoms with van der Waals surface area (Å²) in [5, 5.41) is 28.8.